The molecule has 2 heterocycles. The summed E-state index contributed by atoms with van der Waals surface area (Å²) in [4.78, 5) is 38.5. The molecule has 1 aromatic carbocycles. The quantitative estimate of drug-likeness (QED) is 0.778. The fourth-order valence-electron chi connectivity index (χ4n) is 3.69. The molecule has 2 amide bonds. The summed E-state index contributed by atoms with van der Waals surface area (Å²) in [6.45, 7) is 4.36. The first kappa shape index (κ1) is 19.2. The topological polar surface area (TPSA) is 87.7 Å². The van der Waals surface area contributed by atoms with Crippen LogP contribution in [0.1, 0.15) is 18.4 Å². The van der Waals surface area contributed by atoms with Gasteiger partial charge in [-0.3, -0.25) is 9.59 Å². The van der Waals surface area contributed by atoms with Gasteiger partial charge in [0.25, 0.3) is 0 Å². The zero-order valence-electron chi connectivity index (χ0n) is 16.7. The minimum Gasteiger partial charge on any atom is -0.495 e. The number of benzene rings is 1. The van der Waals surface area contributed by atoms with Crippen LogP contribution >= 0.6 is 0 Å². The van der Waals surface area contributed by atoms with Gasteiger partial charge in [-0.2, -0.15) is 0 Å². The van der Waals surface area contributed by atoms with Gasteiger partial charge in [-0.1, -0.05) is 6.07 Å². The Morgan fingerprint density at radius 1 is 1.10 bits per heavy atom. The number of hydrogen-bond acceptors (Lipinski definition) is 6. The monoisotopic (exact) mass is 395 g/mol. The number of carbonyl (C=O) groups is 2. The van der Waals surface area contributed by atoms with E-state index in [1.165, 1.54) is 0 Å². The zero-order valence-corrected chi connectivity index (χ0v) is 16.7. The number of nitrogens with zero attached hydrogens (tertiary/aromatic N) is 4. The average molecular weight is 395 g/mol. The molecule has 0 radical (unpaired) electrons. The fraction of sp³-hybridized carbons (Fsp3) is 0.429. The molecule has 0 atom stereocenters. The summed E-state index contributed by atoms with van der Waals surface area (Å²) < 4.78 is 5.34. The van der Waals surface area contributed by atoms with Crippen LogP contribution < -0.4 is 15.0 Å². The number of rotatable bonds is 5. The Kier molecular flexibility index (Phi) is 5.08. The van der Waals surface area contributed by atoms with Crippen molar-refractivity contribution in [2.45, 2.75) is 19.8 Å². The maximum atomic E-state index is 13.2. The van der Waals surface area contributed by atoms with E-state index in [-0.39, 0.29) is 11.8 Å². The third kappa shape index (κ3) is 3.74. The van der Waals surface area contributed by atoms with Gasteiger partial charge in [-0.15, -0.1) is 0 Å². The summed E-state index contributed by atoms with van der Waals surface area (Å²) in [5, 5.41) is 2.92. The van der Waals surface area contributed by atoms with Crippen LogP contribution in [0, 0.1) is 12.3 Å². The van der Waals surface area contributed by atoms with Crippen molar-refractivity contribution in [1.29, 1.82) is 0 Å². The van der Waals surface area contributed by atoms with E-state index in [0.29, 0.717) is 56.4 Å². The Morgan fingerprint density at radius 3 is 2.41 bits per heavy atom. The highest BCUT2D eigenvalue weighted by molar-refractivity contribution is 6.13. The lowest BCUT2D eigenvalue weighted by molar-refractivity contribution is -0.142. The van der Waals surface area contributed by atoms with Gasteiger partial charge in [0.1, 0.15) is 11.2 Å². The van der Waals surface area contributed by atoms with Crippen LogP contribution in [0.3, 0.4) is 0 Å². The molecule has 8 nitrogen and oxygen atoms in total. The maximum Gasteiger partial charge on any atom is 0.240 e. The van der Waals surface area contributed by atoms with Crippen LogP contribution in [0.15, 0.2) is 36.7 Å². The molecule has 1 aliphatic heterocycles. The molecule has 1 N–H and O–H groups in total. The number of aromatic nitrogens is 2. The lowest BCUT2D eigenvalue weighted by Gasteiger charge is -2.36. The number of nitrogens with one attached hydrogen (secondary N) is 1. The van der Waals surface area contributed by atoms with Crippen molar-refractivity contribution in [1.82, 2.24) is 14.9 Å². The molecule has 152 valence electrons. The molecular formula is C21H25N5O3. The summed E-state index contributed by atoms with van der Waals surface area (Å²) in [5.41, 5.74) is 0.652. The third-order valence-electron chi connectivity index (χ3n) is 5.60. The van der Waals surface area contributed by atoms with Crippen molar-refractivity contribution in [3.63, 3.8) is 0 Å². The van der Waals surface area contributed by atoms with E-state index in [9.17, 15) is 9.59 Å². The van der Waals surface area contributed by atoms with E-state index in [4.69, 9.17) is 4.74 Å². The lowest BCUT2D eigenvalue weighted by atomic mass is 10.0. The van der Waals surface area contributed by atoms with Gasteiger partial charge in [0.05, 0.1) is 12.8 Å². The van der Waals surface area contributed by atoms with Crippen molar-refractivity contribution in [2.24, 2.45) is 5.41 Å². The third-order valence-corrected chi connectivity index (χ3v) is 5.60. The summed E-state index contributed by atoms with van der Waals surface area (Å²) in [6, 6.07) is 7.37. The van der Waals surface area contributed by atoms with Crippen LogP contribution in [-0.2, 0) is 9.59 Å². The van der Waals surface area contributed by atoms with Crippen molar-refractivity contribution in [2.75, 3.05) is 43.5 Å². The van der Waals surface area contributed by atoms with Gasteiger partial charge in [0, 0.05) is 38.6 Å². The Bertz CT molecular complexity index is 906. The van der Waals surface area contributed by atoms with Crippen molar-refractivity contribution in [3.8, 4) is 5.75 Å². The highest BCUT2D eigenvalue weighted by atomic mass is 16.5. The van der Waals surface area contributed by atoms with Crippen LogP contribution in [0.25, 0.3) is 0 Å². The van der Waals surface area contributed by atoms with E-state index in [1.807, 2.05) is 25.1 Å². The number of anilines is 2. The Hall–Kier alpha value is -3.16. The molecule has 4 rings (SSSR count). The summed E-state index contributed by atoms with van der Waals surface area (Å²) in [7, 11) is 1.56. The zero-order chi connectivity index (χ0) is 20.4. The molecule has 2 aromatic rings. The normalized spacial score (nSPS) is 17.6. The molecule has 1 saturated heterocycles. The summed E-state index contributed by atoms with van der Waals surface area (Å²) >= 11 is 0. The molecular weight excluding hydrogens is 370 g/mol. The molecule has 1 aromatic heterocycles. The predicted octanol–water partition coefficient (Wildman–Crippen LogP) is 1.86. The van der Waals surface area contributed by atoms with E-state index in [1.54, 1.807) is 30.5 Å². The van der Waals surface area contributed by atoms with E-state index in [2.05, 4.69) is 20.2 Å². The van der Waals surface area contributed by atoms with Gasteiger partial charge < -0.3 is 19.9 Å². The molecule has 2 fully saturated rings. The highest BCUT2D eigenvalue weighted by Gasteiger charge is 2.58. The van der Waals surface area contributed by atoms with E-state index < -0.39 is 5.41 Å². The summed E-state index contributed by atoms with van der Waals surface area (Å²) in [5.74, 6) is 0.921. The number of ether oxygens (including phenoxy) is 1. The molecule has 29 heavy (non-hydrogen) atoms. The van der Waals surface area contributed by atoms with Gasteiger partial charge in [0.15, 0.2) is 0 Å². The number of carbonyl (C=O) groups excluding carboxylic acids is 2. The van der Waals surface area contributed by atoms with Gasteiger partial charge in [-0.25, -0.2) is 9.97 Å². The SMILES string of the molecule is COc1ccc(C)cc1NC(=O)C1(C(=O)N2CCN(c3ncccn3)CC2)CC1. The second-order valence-corrected chi connectivity index (χ2v) is 7.57. The molecule has 1 aliphatic carbocycles. The molecule has 1 saturated carbocycles. The number of methoxy groups -OCH3 is 1. The fourth-order valence-corrected chi connectivity index (χ4v) is 3.69. The molecule has 0 bridgehead atoms. The molecule has 8 heteroatoms. The Morgan fingerprint density at radius 2 is 1.79 bits per heavy atom. The maximum absolute atomic E-state index is 13.2. The first-order valence-electron chi connectivity index (χ1n) is 9.81. The van der Waals surface area contributed by atoms with Crippen LogP contribution in [-0.4, -0.2) is 60.0 Å². The van der Waals surface area contributed by atoms with Crippen molar-refractivity contribution in [3.05, 3.63) is 42.2 Å². The van der Waals surface area contributed by atoms with Crippen molar-refractivity contribution < 1.29 is 14.3 Å². The number of amides is 2. The van der Waals surface area contributed by atoms with Crippen LogP contribution in [0.4, 0.5) is 11.6 Å². The average Bonchev–Trinajstić information content (AvgIpc) is 3.56. The van der Waals surface area contributed by atoms with Gasteiger partial charge >= 0.3 is 0 Å². The minimum absolute atomic E-state index is 0.0877. The molecule has 0 spiro atoms. The minimum atomic E-state index is -0.958. The van der Waals surface area contributed by atoms with Gasteiger partial charge in [0.2, 0.25) is 17.8 Å². The first-order chi connectivity index (χ1) is 14.0. The number of hydrogen-bond donors (Lipinski definition) is 1. The Labute approximate surface area is 169 Å². The van der Waals surface area contributed by atoms with Crippen LogP contribution in [0.5, 0.6) is 5.75 Å². The molecule has 2 aliphatic rings. The van der Waals surface area contributed by atoms with Crippen molar-refractivity contribution >= 4 is 23.5 Å². The van der Waals surface area contributed by atoms with Gasteiger partial charge in [-0.05, 0) is 43.5 Å². The standard InChI is InChI=1S/C21H25N5O3/c1-15-4-5-17(29-2)16(14-15)24-18(27)21(6-7-21)19(28)25-10-12-26(13-11-25)20-22-8-3-9-23-20/h3-5,8-9,14H,6-7,10-13H2,1-2H3,(H,24,27). The smallest absolute Gasteiger partial charge is 0.240 e. The van der Waals surface area contributed by atoms with Crippen LogP contribution in [0.2, 0.25) is 0 Å². The van der Waals surface area contributed by atoms with E-state index in [0.717, 1.165) is 5.56 Å². The number of aryl methyl sites for hydroxylation is 1. The number of piperazine rings is 1. The highest BCUT2D eigenvalue weighted by Crippen LogP contribution is 2.48. The first-order valence-corrected chi connectivity index (χ1v) is 9.81. The predicted molar refractivity (Wildman–Crippen MR) is 109 cm³/mol. The van der Waals surface area contributed by atoms with E-state index >= 15 is 0 Å². The molecule has 0 unspecified atom stereocenters. The largest absolute Gasteiger partial charge is 0.495 e. The second kappa shape index (κ2) is 7.69. The Balaban J connectivity index is 1.41. The summed E-state index contributed by atoms with van der Waals surface area (Å²) in [6.07, 6.45) is 4.58. The lowest BCUT2D eigenvalue weighted by Crippen LogP contribution is -2.53. The second-order valence-electron chi connectivity index (χ2n) is 7.57.